The number of carbonyl (C=O) groups is 1. The Balaban J connectivity index is 1.41. The molecule has 0 saturated heterocycles. The summed E-state index contributed by atoms with van der Waals surface area (Å²) in [4.78, 5) is 12.4. The number of benzene rings is 3. The number of hydrogen-bond acceptors (Lipinski definition) is 4. The third-order valence-corrected chi connectivity index (χ3v) is 6.93. The van der Waals surface area contributed by atoms with Crippen LogP contribution < -0.4 is 9.47 Å². The highest BCUT2D eigenvalue weighted by atomic mass is 16.5. The molecule has 0 saturated carbocycles. The summed E-state index contributed by atoms with van der Waals surface area (Å²) in [5.74, 6) is 1.47. The summed E-state index contributed by atoms with van der Waals surface area (Å²) >= 11 is 0. The first-order valence-electron chi connectivity index (χ1n) is 14.8. The summed E-state index contributed by atoms with van der Waals surface area (Å²) in [6, 6.07) is 23.9. The average molecular weight is 531 g/mol. The maximum atomic E-state index is 12.4. The van der Waals surface area contributed by atoms with Gasteiger partial charge in [0.25, 0.3) is 0 Å². The minimum atomic E-state index is -0.261. The van der Waals surface area contributed by atoms with Gasteiger partial charge in [0, 0.05) is 0 Å². The molecule has 0 aliphatic heterocycles. The monoisotopic (exact) mass is 530 g/mol. The van der Waals surface area contributed by atoms with Crippen LogP contribution in [0.2, 0.25) is 0 Å². The molecule has 1 unspecified atom stereocenters. The molecule has 0 aromatic heterocycles. The van der Waals surface area contributed by atoms with Gasteiger partial charge in [0.05, 0.1) is 18.3 Å². The second-order valence-electron chi connectivity index (χ2n) is 10.4. The Morgan fingerprint density at radius 1 is 0.641 bits per heavy atom. The molecule has 0 radical (unpaired) electrons. The van der Waals surface area contributed by atoms with Crippen molar-refractivity contribution < 1.29 is 19.0 Å². The van der Waals surface area contributed by atoms with E-state index in [9.17, 15) is 4.79 Å². The number of rotatable bonds is 18. The topological polar surface area (TPSA) is 44.8 Å². The van der Waals surface area contributed by atoms with Gasteiger partial charge < -0.3 is 14.2 Å². The van der Waals surface area contributed by atoms with Crippen LogP contribution in [0.15, 0.2) is 72.8 Å². The van der Waals surface area contributed by atoms with Crippen LogP contribution in [0.4, 0.5) is 0 Å². The lowest BCUT2D eigenvalue weighted by Gasteiger charge is -2.13. The Morgan fingerprint density at radius 2 is 1.18 bits per heavy atom. The summed E-state index contributed by atoms with van der Waals surface area (Å²) < 4.78 is 17.5. The molecule has 0 bridgehead atoms. The minimum Gasteiger partial charge on any atom is -0.494 e. The molecule has 0 amide bonds. The molecule has 0 spiro atoms. The third-order valence-electron chi connectivity index (χ3n) is 6.93. The summed E-state index contributed by atoms with van der Waals surface area (Å²) in [5, 5.41) is 0. The molecule has 4 heteroatoms. The van der Waals surface area contributed by atoms with Gasteiger partial charge in [-0.15, -0.1) is 0 Å². The molecule has 0 aliphatic rings. The molecule has 0 heterocycles. The molecular weight excluding hydrogens is 484 g/mol. The molecule has 0 N–H and O–H groups in total. The molecule has 3 aromatic carbocycles. The van der Waals surface area contributed by atoms with Crippen molar-refractivity contribution in [2.24, 2.45) is 0 Å². The van der Waals surface area contributed by atoms with Crippen molar-refractivity contribution in [2.75, 3.05) is 6.61 Å². The number of unbranched alkanes of at least 4 members (excludes halogenated alkanes) is 7. The van der Waals surface area contributed by atoms with E-state index in [1.807, 2.05) is 55.5 Å². The van der Waals surface area contributed by atoms with Crippen LogP contribution in [-0.2, 0) is 11.3 Å². The van der Waals surface area contributed by atoms with Crippen molar-refractivity contribution in [3.05, 3.63) is 83.9 Å². The van der Waals surface area contributed by atoms with Crippen LogP contribution in [0.1, 0.15) is 101 Å². The van der Waals surface area contributed by atoms with Crippen molar-refractivity contribution in [3.8, 4) is 22.6 Å². The number of hydrogen-bond donors (Lipinski definition) is 0. The van der Waals surface area contributed by atoms with Gasteiger partial charge in [-0.2, -0.15) is 0 Å². The highest BCUT2D eigenvalue weighted by Crippen LogP contribution is 2.25. The van der Waals surface area contributed by atoms with Gasteiger partial charge in [0.1, 0.15) is 18.1 Å². The molecule has 0 aliphatic carbocycles. The van der Waals surface area contributed by atoms with Crippen molar-refractivity contribution in [2.45, 2.75) is 97.7 Å². The Bertz CT molecular complexity index is 1070. The smallest absolute Gasteiger partial charge is 0.338 e. The minimum absolute atomic E-state index is 0.0586. The Morgan fingerprint density at radius 3 is 1.77 bits per heavy atom. The molecule has 3 rings (SSSR count). The van der Waals surface area contributed by atoms with Crippen LogP contribution in [0.3, 0.4) is 0 Å². The van der Waals surface area contributed by atoms with E-state index >= 15 is 0 Å². The quantitative estimate of drug-likeness (QED) is 0.121. The van der Waals surface area contributed by atoms with E-state index in [2.05, 4.69) is 38.1 Å². The van der Waals surface area contributed by atoms with Crippen LogP contribution in [-0.4, -0.2) is 18.7 Å². The highest BCUT2D eigenvalue weighted by Gasteiger charge is 2.12. The Labute approximate surface area is 235 Å². The predicted octanol–water partition coefficient (Wildman–Crippen LogP) is 9.80. The van der Waals surface area contributed by atoms with Crippen molar-refractivity contribution in [1.82, 2.24) is 0 Å². The Kier molecular flexibility index (Phi) is 13.5. The van der Waals surface area contributed by atoms with Crippen LogP contribution in [0, 0.1) is 0 Å². The standard InChI is InChI=1S/C35H46O4/c1-4-6-8-10-12-26-37-33-22-18-30(19-23-33)31-20-24-34(25-21-31)38-27-29-14-16-32(17-15-29)35(36)39-28(3)13-11-9-7-5-2/h14-25,28H,4-13,26-27H2,1-3H3. The lowest BCUT2D eigenvalue weighted by Crippen LogP contribution is -2.15. The molecule has 0 fully saturated rings. The van der Waals surface area contributed by atoms with Gasteiger partial charge in [-0.3, -0.25) is 0 Å². The molecule has 3 aromatic rings. The van der Waals surface area contributed by atoms with Gasteiger partial charge in [0.2, 0.25) is 0 Å². The van der Waals surface area contributed by atoms with Gasteiger partial charge >= 0.3 is 5.97 Å². The maximum absolute atomic E-state index is 12.4. The number of esters is 1. The largest absolute Gasteiger partial charge is 0.494 e. The summed E-state index contributed by atoms with van der Waals surface area (Å²) in [6.07, 6.45) is 11.8. The predicted molar refractivity (Wildman–Crippen MR) is 161 cm³/mol. The van der Waals surface area contributed by atoms with Crippen molar-refractivity contribution in [1.29, 1.82) is 0 Å². The first-order chi connectivity index (χ1) is 19.1. The zero-order valence-electron chi connectivity index (χ0n) is 24.1. The fourth-order valence-electron chi connectivity index (χ4n) is 4.45. The van der Waals surface area contributed by atoms with E-state index in [1.165, 1.54) is 44.9 Å². The summed E-state index contributed by atoms with van der Waals surface area (Å²) in [7, 11) is 0. The van der Waals surface area contributed by atoms with Gasteiger partial charge in [-0.05, 0) is 79.3 Å². The average Bonchev–Trinajstić information content (AvgIpc) is 2.97. The normalized spacial score (nSPS) is 11.7. The van der Waals surface area contributed by atoms with Crippen LogP contribution in [0.5, 0.6) is 11.5 Å². The van der Waals surface area contributed by atoms with E-state index in [1.54, 1.807) is 0 Å². The van der Waals surface area contributed by atoms with E-state index in [-0.39, 0.29) is 12.1 Å². The van der Waals surface area contributed by atoms with E-state index in [0.29, 0.717) is 12.2 Å². The molecule has 210 valence electrons. The Hall–Kier alpha value is -3.27. The SMILES string of the molecule is CCCCCCCOc1ccc(-c2ccc(OCc3ccc(C(=O)OC(C)CCCCCC)cc3)cc2)cc1. The van der Waals surface area contributed by atoms with Crippen LogP contribution >= 0.6 is 0 Å². The second kappa shape index (κ2) is 17.3. The van der Waals surface area contributed by atoms with E-state index < -0.39 is 0 Å². The zero-order chi connectivity index (χ0) is 27.7. The van der Waals surface area contributed by atoms with Gasteiger partial charge in [-0.25, -0.2) is 4.79 Å². The van der Waals surface area contributed by atoms with Gasteiger partial charge in [0.15, 0.2) is 0 Å². The summed E-state index contributed by atoms with van der Waals surface area (Å²) in [5.41, 5.74) is 3.86. The molecule has 39 heavy (non-hydrogen) atoms. The van der Waals surface area contributed by atoms with E-state index in [0.717, 1.165) is 54.1 Å². The zero-order valence-corrected chi connectivity index (χ0v) is 24.1. The summed E-state index contributed by atoms with van der Waals surface area (Å²) in [6.45, 7) is 7.62. The van der Waals surface area contributed by atoms with E-state index in [4.69, 9.17) is 14.2 Å². The molecule has 4 nitrogen and oxygen atoms in total. The first-order valence-corrected chi connectivity index (χ1v) is 14.8. The van der Waals surface area contributed by atoms with Crippen molar-refractivity contribution >= 4 is 5.97 Å². The van der Waals surface area contributed by atoms with Crippen LogP contribution in [0.25, 0.3) is 11.1 Å². The molecule has 1 atom stereocenters. The lowest BCUT2D eigenvalue weighted by atomic mass is 10.1. The number of carbonyl (C=O) groups excluding carboxylic acids is 1. The lowest BCUT2D eigenvalue weighted by molar-refractivity contribution is 0.0319. The highest BCUT2D eigenvalue weighted by molar-refractivity contribution is 5.89. The maximum Gasteiger partial charge on any atom is 0.338 e. The van der Waals surface area contributed by atoms with Gasteiger partial charge in [-0.1, -0.05) is 95.2 Å². The third kappa shape index (κ3) is 11.2. The number of ether oxygens (including phenoxy) is 3. The molecular formula is C35H46O4. The second-order valence-corrected chi connectivity index (χ2v) is 10.4. The fourth-order valence-corrected chi connectivity index (χ4v) is 4.45. The van der Waals surface area contributed by atoms with Crippen molar-refractivity contribution in [3.63, 3.8) is 0 Å². The fraction of sp³-hybridized carbons (Fsp3) is 0.457. The first kappa shape index (κ1) is 30.3.